The fourth-order valence-electron chi connectivity index (χ4n) is 0.960. The van der Waals surface area contributed by atoms with Crippen LogP contribution in [0.2, 0.25) is 0 Å². The molecule has 0 aromatic rings. The molecule has 0 aromatic carbocycles. The summed E-state index contributed by atoms with van der Waals surface area (Å²) in [5, 5.41) is 3.29. The molecule has 3 heteroatoms. The van der Waals surface area contributed by atoms with Crippen LogP contribution in [-0.2, 0) is 10.7 Å². The van der Waals surface area contributed by atoms with Crippen molar-refractivity contribution in [2.45, 2.75) is 20.8 Å². The maximum atomic E-state index is 7.60. The van der Waals surface area contributed by atoms with Gasteiger partial charge in [-0.1, -0.05) is 32.1 Å². The van der Waals surface area contributed by atoms with Crippen LogP contribution in [0.25, 0.3) is 0 Å². The minimum atomic E-state index is -0.186. The van der Waals surface area contributed by atoms with E-state index in [1.165, 1.54) is 5.57 Å². The summed E-state index contributed by atoms with van der Waals surface area (Å²) in [4.78, 5) is 0. The van der Waals surface area contributed by atoms with E-state index in [0.717, 1.165) is 24.6 Å². The number of likely N-dealkylation sites (N-methyl/N-ethyl adjacent to an activating group) is 1. The smallest absolute Gasteiger partial charge is 0.0222 e. The molecular weight excluding hydrogens is 192 g/mol. The lowest BCUT2D eigenvalue weighted by Gasteiger charge is -2.02. The third-order valence-electron chi connectivity index (χ3n) is 1.93. The fourth-order valence-corrected chi connectivity index (χ4v) is 1.52. The van der Waals surface area contributed by atoms with Gasteiger partial charge in [0.05, 0.1) is 0 Å². The Balaban J connectivity index is 3.87. The molecule has 0 aliphatic heterocycles. The Morgan fingerprint density at radius 1 is 1.43 bits per heavy atom. The molecule has 0 spiro atoms. The van der Waals surface area contributed by atoms with Gasteiger partial charge in [0.1, 0.15) is 0 Å². The summed E-state index contributed by atoms with van der Waals surface area (Å²) in [6, 6.07) is 0. The minimum Gasteiger partial charge on any atom is -0.313 e. The SMILES string of the molecule is C/C=C(\C=C/CS(=N)CC)CNCC. The molecule has 0 heterocycles. The second-order valence-electron chi connectivity index (χ2n) is 2.99. The average molecular weight is 214 g/mol. The second kappa shape index (κ2) is 9.16. The zero-order chi connectivity index (χ0) is 10.8. The molecule has 0 saturated carbocycles. The highest BCUT2D eigenvalue weighted by Gasteiger charge is 1.90. The summed E-state index contributed by atoms with van der Waals surface area (Å²) >= 11 is 0. The molecule has 1 atom stereocenters. The van der Waals surface area contributed by atoms with E-state index in [0.29, 0.717) is 0 Å². The van der Waals surface area contributed by atoms with Crippen molar-refractivity contribution < 1.29 is 0 Å². The molecule has 2 nitrogen and oxygen atoms in total. The van der Waals surface area contributed by atoms with Crippen molar-refractivity contribution in [3.8, 4) is 0 Å². The van der Waals surface area contributed by atoms with Crippen LogP contribution in [0.5, 0.6) is 0 Å². The molecule has 0 fully saturated rings. The van der Waals surface area contributed by atoms with Crippen molar-refractivity contribution in [2.75, 3.05) is 24.6 Å². The van der Waals surface area contributed by atoms with Gasteiger partial charge < -0.3 is 5.32 Å². The molecule has 0 bridgehead atoms. The van der Waals surface area contributed by atoms with Crippen LogP contribution in [-0.4, -0.2) is 24.6 Å². The second-order valence-corrected chi connectivity index (χ2v) is 4.89. The first-order chi connectivity index (χ1) is 6.74. The Morgan fingerprint density at radius 3 is 2.64 bits per heavy atom. The van der Waals surface area contributed by atoms with Crippen LogP contribution in [0.3, 0.4) is 0 Å². The van der Waals surface area contributed by atoms with Crippen LogP contribution < -0.4 is 5.32 Å². The Bertz CT molecular complexity index is 219. The normalized spacial score (nSPS) is 14.9. The van der Waals surface area contributed by atoms with Gasteiger partial charge in [0.2, 0.25) is 0 Å². The van der Waals surface area contributed by atoms with Gasteiger partial charge in [0.25, 0.3) is 0 Å². The Morgan fingerprint density at radius 2 is 2.14 bits per heavy atom. The molecule has 0 aromatic heterocycles. The van der Waals surface area contributed by atoms with Crippen molar-refractivity contribution in [3.63, 3.8) is 0 Å². The van der Waals surface area contributed by atoms with Gasteiger partial charge >= 0.3 is 0 Å². The molecule has 1 unspecified atom stereocenters. The monoisotopic (exact) mass is 214 g/mol. The predicted molar refractivity (Wildman–Crippen MR) is 66.9 cm³/mol. The Labute approximate surface area is 90.4 Å². The summed E-state index contributed by atoms with van der Waals surface area (Å²) in [5.41, 5.74) is 1.31. The van der Waals surface area contributed by atoms with E-state index < -0.39 is 0 Å². The molecule has 0 aliphatic carbocycles. The molecule has 2 N–H and O–H groups in total. The van der Waals surface area contributed by atoms with Gasteiger partial charge in [-0.05, 0) is 19.0 Å². The van der Waals surface area contributed by atoms with Crippen LogP contribution >= 0.6 is 0 Å². The highest BCUT2D eigenvalue weighted by Crippen LogP contribution is 1.96. The number of hydrogen-bond donors (Lipinski definition) is 2. The quantitative estimate of drug-likeness (QED) is 0.628. The van der Waals surface area contributed by atoms with Crippen LogP contribution in [0, 0.1) is 4.78 Å². The standard InChI is InChI=1S/C11H22N2S/c1-4-11(10-13-5-2)8-7-9-14(12)6-3/h4,7-8,12-13H,5-6,9-10H2,1-3H3/b8-7-,11-4+. The summed E-state index contributed by atoms with van der Waals surface area (Å²) in [5.74, 6) is 1.85. The van der Waals surface area contributed by atoms with Gasteiger partial charge in [0.15, 0.2) is 0 Å². The Kier molecular flexibility index (Phi) is 8.89. The highest BCUT2D eigenvalue weighted by atomic mass is 32.2. The van der Waals surface area contributed by atoms with Crippen molar-refractivity contribution in [3.05, 3.63) is 23.8 Å². The summed E-state index contributed by atoms with van der Waals surface area (Å²) in [7, 11) is -0.186. The maximum Gasteiger partial charge on any atom is 0.0222 e. The van der Waals surface area contributed by atoms with E-state index in [1.54, 1.807) is 0 Å². The van der Waals surface area contributed by atoms with E-state index in [4.69, 9.17) is 4.78 Å². The van der Waals surface area contributed by atoms with Crippen molar-refractivity contribution in [1.29, 1.82) is 4.78 Å². The van der Waals surface area contributed by atoms with Crippen molar-refractivity contribution in [2.24, 2.45) is 0 Å². The van der Waals surface area contributed by atoms with E-state index in [1.807, 2.05) is 0 Å². The third-order valence-corrected chi connectivity index (χ3v) is 3.22. The predicted octanol–water partition coefficient (Wildman–Crippen LogP) is 2.50. The van der Waals surface area contributed by atoms with Crippen molar-refractivity contribution >= 4 is 10.7 Å². The van der Waals surface area contributed by atoms with Crippen LogP contribution in [0.1, 0.15) is 20.8 Å². The van der Waals surface area contributed by atoms with Crippen molar-refractivity contribution in [1.82, 2.24) is 5.32 Å². The van der Waals surface area contributed by atoms with E-state index in [2.05, 4.69) is 44.3 Å². The number of hydrogen-bond acceptors (Lipinski definition) is 2. The van der Waals surface area contributed by atoms with Crippen LogP contribution in [0.15, 0.2) is 23.8 Å². The van der Waals surface area contributed by atoms with E-state index in [-0.39, 0.29) is 10.7 Å². The number of nitrogens with one attached hydrogen (secondary N) is 2. The molecular formula is C11H22N2S. The molecule has 82 valence electrons. The topological polar surface area (TPSA) is 35.9 Å². The lowest BCUT2D eigenvalue weighted by molar-refractivity contribution is 0.784. The summed E-state index contributed by atoms with van der Waals surface area (Å²) < 4.78 is 7.60. The first-order valence-electron chi connectivity index (χ1n) is 5.15. The minimum absolute atomic E-state index is 0.186. The lowest BCUT2D eigenvalue weighted by atomic mass is 10.2. The fraction of sp³-hybridized carbons (Fsp3) is 0.636. The maximum absolute atomic E-state index is 7.60. The summed E-state index contributed by atoms with van der Waals surface area (Å²) in [6.07, 6.45) is 6.37. The largest absolute Gasteiger partial charge is 0.313 e. The molecule has 0 rings (SSSR count). The van der Waals surface area contributed by atoms with Gasteiger partial charge in [-0.25, -0.2) is 0 Å². The molecule has 14 heavy (non-hydrogen) atoms. The zero-order valence-electron chi connectivity index (χ0n) is 9.47. The van der Waals surface area contributed by atoms with E-state index in [9.17, 15) is 0 Å². The van der Waals surface area contributed by atoms with E-state index >= 15 is 0 Å². The lowest BCUT2D eigenvalue weighted by Crippen LogP contribution is -2.15. The van der Waals surface area contributed by atoms with Crippen LogP contribution in [0.4, 0.5) is 0 Å². The van der Waals surface area contributed by atoms with Gasteiger partial charge in [-0.3, -0.25) is 4.78 Å². The van der Waals surface area contributed by atoms with Gasteiger partial charge in [0, 0.05) is 18.1 Å². The summed E-state index contributed by atoms with van der Waals surface area (Å²) in [6.45, 7) is 8.16. The Hall–Kier alpha value is -0.410. The first kappa shape index (κ1) is 13.6. The molecule has 0 saturated heterocycles. The molecule has 0 aliphatic rings. The molecule has 0 amide bonds. The zero-order valence-corrected chi connectivity index (χ0v) is 10.3. The van der Waals surface area contributed by atoms with Gasteiger partial charge in [-0.15, -0.1) is 10.7 Å². The first-order valence-corrected chi connectivity index (χ1v) is 6.72. The van der Waals surface area contributed by atoms with Gasteiger partial charge in [-0.2, -0.15) is 0 Å². The molecule has 0 radical (unpaired) electrons. The number of allylic oxidation sites excluding steroid dienone is 1. The number of rotatable bonds is 7. The third kappa shape index (κ3) is 7.04. The average Bonchev–Trinajstić information content (AvgIpc) is 2.22. The highest BCUT2D eigenvalue weighted by molar-refractivity contribution is 7.86.